The molecule has 0 aliphatic heterocycles. The fourth-order valence-corrected chi connectivity index (χ4v) is 2.57. The molecule has 0 amide bonds. The summed E-state index contributed by atoms with van der Waals surface area (Å²) >= 11 is 0. The van der Waals surface area contributed by atoms with Crippen LogP contribution in [0.1, 0.15) is 45.2 Å². The van der Waals surface area contributed by atoms with Crippen molar-refractivity contribution in [3.05, 3.63) is 48.1 Å². The Morgan fingerprint density at radius 3 is 2.81 bits per heavy atom. The van der Waals surface area contributed by atoms with Gasteiger partial charge in [-0.15, -0.1) is 10.2 Å². The van der Waals surface area contributed by atoms with Crippen molar-refractivity contribution in [3.8, 4) is 0 Å². The Kier molecular flexibility index (Phi) is 5.73. The zero-order chi connectivity index (χ0) is 19.3. The van der Waals surface area contributed by atoms with Crippen LogP contribution in [-0.2, 0) is 18.4 Å². The Balaban J connectivity index is 1.58. The molecule has 3 heterocycles. The first-order valence-electron chi connectivity index (χ1n) is 9.23. The van der Waals surface area contributed by atoms with E-state index < -0.39 is 0 Å². The lowest BCUT2D eigenvalue weighted by Gasteiger charge is -2.13. The molecule has 0 aromatic carbocycles. The largest absolute Gasteiger partial charge is 0.443 e. The van der Waals surface area contributed by atoms with E-state index in [2.05, 4.69) is 51.6 Å². The summed E-state index contributed by atoms with van der Waals surface area (Å²) in [6.07, 6.45) is 4.49. The second-order valence-corrected chi connectivity index (χ2v) is 7.29. The Morgan fingerprint density at radius 1 is 1.22 bits per heavy atom. The highest BCUT2D eigenvalue weighted by atomic mass is 16.4. The van der Waals surface area contributed by atoms with Crippen LogP contribution in [-0.4, -0.2) is 38.6 Å². The molecule has 27 heavy (non-hydrogen) atoms. The van der Waals surface area contributed by atoms with Gasteiger partial charge in [-0.2, -0.15) is 0 Å². The average Bonchev–Trinajstić information content (AvgIpc) is 3.27. The molecule has 0 atom stereocenters. The van der Waals surface area contributed by atoms with Crippen molar-refractivity contribution in [3.63, 3.8) is 0 Å². The van der Waals surface area contributed by atoms with Crippen molar-refractivity contribution in [1.82, 2.24) is 30.2 Å². The van der Waals surface area contributed by atoms with Crippen LogP contribution in [0.5, 0.6) is 0 Å². The number of nitrogens with zero attached hydrogens (tertiary/aromatic N) is 5. The smallest absolute Gasteiger partial charge is 0.216 e. The molecule has 3 aromatic heterocycles. The number of fused-ring (bicyclic) bond motifs is 1. The van der Waals surface area contributed by atoms with Gasteiger partial charge in [-0.05, 0) is 19.1 Å². The molecule has 0 aliphatic carbocycles. The molecule has 0 saturated heterocycles. The van der Waals surface area contributed by atoms with Gasteiger partial charge in [-0.3, -0.25) is 4.40 Å². The number of hydrogen-bond acceptors (Lipinski definition) is 5. The SMILES string of the molecule is CCNC(=NCc1ncc(C(C)(C)C)o1)NCCc1nnc2ccccn12. The van der Waals surface area contributed by atoms with E-state index in [-0.39, 0.29) is 5.41 Å². The van der Waals surface area contributed by atoms with Crippen LogP contribution in [0.4, 0.5) is 0 Å². The van der Waals surface area contributed by atoms with Gasteiger partial charge in [0.2, 0.25) is 5.89 Å². The molecule has 144 valence electrons. The number of aromatic nitrogens is 4. The van der Waals surface area contributed by atoms with Crippen LogP contribution >= 0.6 is 0 Å². The maximum Gasteiger partial charge on any atom is 0.216 e. The highest BCUT2D eigenvalue weighted by Crippen LogP contribution is 2.22. The molecule has 3 aromatic rings. The van der Waals surface area contributed by atoms with Crippen LogP contribution in [0, 0.1) is 0 Å². The second-order valence-electron chi connectivity index (χ2n) is 7.29. The number of oxazole rings is 1. The number of hydrogen-bond donors (Lipinski definition) is 2. The minimum atomic E-state index is -0.0568. The van der Waals surface area contributed by atoms with Gasteiger partial charge in [0.05, 0.1) is 6.20 Å². The third kappa shape index (κ3) is 4.84. The Bertz CT molecular complexity index is 904. The number of pyridine rings is 1. The number of rotatable bonds is 6. The van der Waals surface area contributed by atoms with E-state index in [1.165, 1.54) is 0 Å². The van der Waals surface area contributed by atoms with Crippen LogP contribution < -0.4 is 10.6 Å². The van der Waals surface area contributed by atoms with Gasteiger partial charge in [-0.25, -0.2) is 9.98 Å². The Morgan fingerprint density at radius 2 is 2.07 bits per heavy atom. The van der Waals surface area contributed by atoms with Crippen LogP contribution in [0.3, 0.4) is 0 Å². The number of guanidine groups is 1. The maximum atomic E-state index is 5.79. The minimum Gasteiger partial charge on any atom is -0.443 e. The molecule has 8 heteroatoms. The maximum absolute atomic E-state index is 5.79. The predicted molar refractivity (Wildman–Crippen MR) is 105 cm³/mol. The molecular formula is C19H27N7O. The first-order chi connectivity index (χ1) is 13.0. The quantitative estimate of drug-likeness (QED) is 0.512. The van der Waals surface area contributed by atoms with E-state index in [1.54, 1.807) is 6.20 Å². The molecule has 3 rings (SSSR count). The van der Waals surface area contributed by atoms with Crippen LogP contribution in [0.15, 0.2) is 40.0 Å². The summed E-state index contributed by atoms with van der Waals surface area (Å²) in [6.45, 7) is 10.2. The van der Waals surface area contributed by atoms with E-state index in [4.69, 9.17) is 4.42 Å². The molecule has 0 spiro atoms. The summed E-state index contributed by atoms with van der Waals surface area (Å²) in [4.78, 5) is 8.87. The van der Waals surface area contributed by atoms with E-state index in [1.807, 2.05) is 35.7 Å². The van der Waals surface area contributed by atoms with E-state index in [9.17, 15) is 0 Å². The predicted octanol–water partition coefficient (Wildman–Crippen LogP) is 2.31. The Labute approximate surface area is 159 Å². The van der Waals surface area contributed by atoms with E-state index in [0.717, 1.165) is 36.2 Å². The van der Waals surface area contributed by atoms with Gasteiger partial charge in [0.25, 0.3) is 0 Å². The number of nitrogens with one attached hydrogen (secondary N) is 2. The first kappa shape index (κ1) is 18.9. The van der Waals surface area contributed by atoms with Gasteiger partial charge in [-0.1, -0.05) is 26.8 Å². The molecule has 0 bridgehead atoms. The van der Waals surface area contributed by atoms with Crippen molar-refractivity contribution in [2.75, 3.05) is 13.1 Å². The van der Waals surface area contributed by atoms with E-state index in [0.29, 0.717) is 19.0 Å². The lowest BCUT2D eigenvalue weighted by Crippen LogP contribution is -2.38. The topological polar surface area (TPSA) is 92.6 Å². The normalized spacial score (nSPS) is 12.5. The summed E-state index contributed by atoms with van der Waals surface area (Å²) in [7, 11) is 0. The van der Waals surface area contributed by atoms with Crippen molar-refractivity contribution in [2.45, 2.75) is 46.1 Å². The average molecular weight is 369 g/mol. The second kappa shape index (κ2) is 8.20. The highest BCUT2D eigenvalue weighted by Gasteiger charge is 2.19. The fraction of sp³-hybridized carbons (Fsp3) is 0.474. The molecule has 0 saturated carbocycles. The third-order valence-corrected chi connectivity index (χ3v) is 4.03. The molecule has 0 unspecified atom stereocenters. The molecular weight excluding hydrogens is 342 g/mol. The van der Waals surface area contributed by atoms with Crippen LogP contribution in [0.2, 0.25) is 0 Å². The first-order valence-corrected chi connectivity index (χ1v) is 9.23. The lowest BCUT2D eigenvalue weighted by molar-refractivity contribution is 0.383. The fourth-order valence-electron chi connectivity index (χ4n) is 2.57. The highest BCUT2D eigenvalue weighted by molar-refractivity contribution is 5.79. The van der Waals surface area contributed by atoms with Crippen molar-refractivity contribution >= 4 is 11.6 Å². The standard InChI is InChI=1S/C19H27N7O/c1-5-20-18(23-13-17-22-12-14(27-17)19(2,3)4)21-10-9-16-25-24-15-8-6-7-11-26(15)16/h6-8,11-12H,5,9-10,13H2,1-4H3,(H2,20,21,23). The zero-order valence-corrected chi connectivity index (χ0v) is 16.4. The van der Waals surface area contributed by atoms with Gasteiger partial charge >= 0.3 is 0 Å². The molecule has 0 fully saturated rings. The summed E-state index contributed by atoms with van der Waals surface area (Å²) < 4.78 is 7.79. The van der Waals surface area contributed by atoms with Crippen molar-refractivity contribution in [2.24, 2.45) is 4.99 Å². The Hall–Kier alpha value is -2.90. The minimum absolute atomic E-state index is 0.0568. The lowest BCUT2D eigenvalue weighted by atomic mass is 9.94. The summed E-state index contributed by atoms with van der Waals surface area (Å²) in [6, 6.07) is 5.87. The van der Waals surface area contributed by atoms with Crippen molar-refractivity contribution in [1.29, 1.82) is 0 Å². The van der Waals surface area contributed by atoms with E-state index >= 15 is 0 Å². The van der Waals surface area contributed by atoms with Crippen LogP contribution in [0.25, 0.3) is 5.65 Å². The summed E-state index contributed by atoms with van der Waals surface area (Å²) in [5, 5.41) is 15.0. The molecule has 0 aliphatic rings. The number of aliphatic imine (C=N–C) groups is 1. The van der Waals surface area contributed by atoms with Gasteiger partial charge in [0.1, 0.15) is 18.1 Å². The van der Waals surface area contributed by atoms with Crippen molar-refractivity contribution < 1.29 is 4.42 Å². The summed E-state index contributed by atoms with van der Waals surface area (Å²) in [5.74, 6) is 3.11. The molecule has 0 radical (unpaired) electrons. The molecule has 8 nitrogen and oxygen atoms in total. The van der Waals surface area contributed by atoms with Gasteiger partial charge < -0.3 is 15.1 Å². The monoisotopic (exact) mass is 369 g/mol. The van der Waals surface area contributed by atoms with Gasteiger partial charge in [0.15, 0.2) is 11.6 Å². The summed E-state index contributed by atoms with van der Waals surface area (Å²) in [5.41, 5.74) is 0.797. The zero-order valence-electron chi connectivity index (χ0n) is 16.4. The van der Waals surface area contributed by atoms with Gasteiger partial charge in [0, 0.05) is 31.1 Å². The molecule has 2 N–H and O–H groups in total. The third-order valence-electron chi connectivity index (χ3n) is 4.03.